The fourth-order valence-corrected chi connectivity index (χ4v) is 3.59. The number of esters is 1. The maximum atomic E-state index is 13.8. The smallest absolute Gasteiger partial charge is 0.416 e. The second-order valence-corrected chi connectivity index (χ2v) is 7.78. The fraction of sp³-hybridized carbons (Fsp3) is 0.350. The number of ether oxygens (including phenoxy) is 1. The van der Waals surface area contributed by atoms with Gasteiger partial charge < -0.3 is 15.0 Å². The minimum atomic E-state index is -4.68. The van der Waals surface area contributed by atoms with Crippen molar-refractivity contribution in [1.82, 2.24) is 9.97 Å². The van der Waals surface area contributed by atoms with Gasteiger partial charge in [0.1, 0.15) is 5.82 Å². The van der Waals surface area contributed by atoms with Gasteiger partial charge in [-0.05, 0) is 36.7 Å². The van der Waals surface area contributed by atoms with Crippen LogP contribution in [0.1, 0.15) is 43.4 Å². The molecule has 160 valence electrons. The van der Waals surface area contributed by atoms with E-state index in [4.69, 9.17) is 17.0 Å². The zero-order valence-electron chi connectivity index (χ0n) is 16.4. The van der Waals surface area contributed by atoms with Crippen LogP contribution in [0.5, 0.6) is 0 Å². The van der Waals surface area contributed by atoms with Gasteiger partial charge in [0.15, 0.2) is 4.77 Å². The highest BCUT2D eigenvalue weighted by Gasteiger charge is 2.41. The summed E-state index contributed by atoms with van der Waals surface area (Å²) in [6.45, 7) is 5.30. The highest BCUT2D eigenvalue weighted by Crippen LogP contribution is 2.44. The summed E-state index contributed by atoms with van der Waals surface area (Å²) in [5, 5.41) is 2.87. The van der Waals surface area contributed by atoms with Gasteiger partial charge in [-0.2, -0.15) is 13.2 Å². The quantitative estimate of drug-likeness (QED) is 0.483. The van der Waals surface area contributed by atoms with Crippen LogP contribution in [0.25, 0.3) is 0 Å². The van der Waals surface area contributed by atoms with Crippen LogP contribution in [0.3, 0.4) is 0 Å². The Balaban J connectivity index is 2.29. The summed E-state index contributed by atoms with van der Waals surface area (Å²) < 4.78 is 46.6. The first-order valence-corrected chi connectivity index (χ1v) is 9.59. The van der Waals surface area contributed by atoms with Gasteiger partial charge in [-0.25, -0.2) is 4.79 Å². The molecule has 3 rings (SSSR count). The fourth-order valence-electron chi connectivity index (χ4n) is 3.39. The van der Waals surface area contributed by atoms with Gasteiger partial charge in [0.25, 0.3) is 5.56 Å². The molecule has 1 aliphatic rings. The number of allylic oxidation sites excluding steroid dienone is 1. The molecule has 2 aromatic rings. The number of anilines is 1. The van der Waals surface area contributed by atoms with E-state index in [0.717, 1.165) is 6.07 Å². The molecule has 1 unspecified atom stereocenters. The number of halogens is 3. The molecule has 6 nitrogen and oxygen atoms in total. The third-order valence-electron chi connectivity index (χ3n) is 4.62. The SMILES string of the molecule is CC1=C(C(=O)OCC(C)C)C(c2ccccc2C(F)(F)F)c2c([nH]c(=S)[nH]c2=O)N1. The summed E-state index contributed by atoms with van der Waals surface area (Å²) in [5.74, 6) is -1.92. The number of nitrogens with one attached hydrogen (secondary N) is 3. The summed E-state index contributed by atoms with van der Waals surface area (Å²) in [6.07, 6.45) is -4.68. The zero-order valence-corrected chi connectivity index (χ0v) is 17.3. The molecule has 1 aromatic carbocycles. The molecular formula is C20H20F3N3O3S. The Hall–Kier alpha value is -2.88. The van der Waals surface area contributed by atoms with Crippen molar-refractivity contribution in [3.63, 3.8) is 0 Å². The van der Waals surface area contributed by atoms with E-state index in [9.17, 15) is 22.8 Å². The van der Waals surface area contributed by atoms with Gasteiger partial charge in [-0.15, -0.1) is 0 Å². The molecule has 0 saturated carbocycles. The maximum Gasteiger partial charge on any atom is 0.416 e. The van der Waals surface area contributed by atoms with Crippen LogP contribution in [0.4, 0.5) is 19.0 Å². The first-order valence-electron chi connectivity index (χ1n) is 9.18. The highest BCUT2D eigenvalue weighted by molar-refractivity contribution is 7.71. The van der Waals surface area contributed by atoms with E-state index in [1.54, 1.807) is 0 Å². The van der Waals surface area contributed by atoms with Gasteiger partial charge in [0, 0.05) is 5.70 Å². The van der Waals surface area contributed by atoms with Crippen LogP contribution in [-0.4, -0.2) is 22.5 Å². The van der Waals surface area contributed by atoms with E-state index < -0.39 is 29.2 Å². The number of hydrogen-bond donors (Lipinski definition) is 3. The van der Waals surface area contributed by atoms with E-state index >= 15 is 0 Å². The lowest BCUT2D eigenvalue weighted by molar-refractivity contribution is -0.141. The van der Waals surface area contributed by atoms with Gasteiger partial charge in [0.2, 0.25) is 0 Å². The molecule has 0 amide bonds. The van der Waals surface area contributed by atoms with Crippen molar-refractivity contribution in [3.8, 4) is 0 Å². The van der Waals surface area contributed by atoms with Crippen molar-refractivity contribution in [1.29, 1.82) is 0 Å². The number of hydrogen-bond acceptors (Lipinski definition) is 5. The van der Waals surface area contributed by atoms with Crippen molar-refractivity contribution >= 4 is 24.0 Å². The predicted molar refractivity (Wildman–Crippen MR) is 108 cm³/mol. The van der Waals surface area contributed by atoms with Crippen LogP contribution in [0, 0.1) is 10.7 Å². The average molecular weight is 439 g/mol. The summed E-state index contributed by atoms with van der Waals surface area (Å²) >= 11 is 4.98. The Labute approximate surface area is 175 Å². The molecule has 0 spiro atoms. The predicted octanol–water partition coefficient (Wildman–Crippen LogP) is 4.48. The Morgan fingerprint density at radius 3 is 2.53 bits per heavy atom. The first-order chi connectivity index (χ1) is 14.0. The van der Waals surface area contributed by atoms with E-state index in [1.165, 1.54) is 25.1 Å². The van der Waals surface area contributed by atoms with Crippen LogP contribution in [-0.2, 0) is 15.7 Å². The van der Waals surface area contributed by atoms with E-state index in [0.29, 0.717) is 0 Å². The standard InChI is InChI=1S/C20H20F3N3O3S/c1-9(2)8-29-18(28)13-10(3)24-16-15(17(27)26-19(30)25-16)14(13)11-6-4-5-7-12(11)20(21,22)23/h4-7,9,14H,8H2,1-3H3,(H3,24,25,26,27,30). The third kappa shape index (κ3) is 4.18. The number of aromatic amines is 2. The summed E-state index contributed by atoms with van der Waals surface area (Å²) in [7, 11) is 0. The molecule has 3 N–H and O–H groups in total. The molecule has 0 radical (unpaired) electrons. The second-order valence-electron chi connectivity index (χ2n) is 7.37. The molecule has 0 fully saturated rings. The van der Waals surface area contributed by atoms with Crippen molar-refractivity contribution in [2.45, 2.75) is 32.9 Å². The van der Waals surface area contributed by atoms with Gasteiger partial charge in [-0.3, -0.25) is 9.78 Å². The number of rotatable bonds is 4. The zero-order chi connectivity index (χ0) is 22.2. The summed E-state index contributed by atoms with van der Waals surface area (Å²) in [5.41, 5.74) is -1.70. The van der Waals surface area contributed by atoms with Crippen LogP contribution in [0.2, 0.25) is 0 Å². The lowest BCUT2D eigenvalue weighted by Gasteiger charge is -2.30. The van der Waals surface area contributed by atoms with Gasteiger partial charge >= 0.3 is 12.1 Å². The van der Waals surface area contributed by atoms with E-state index in [1.807, 2.05) is 13.8 Å². The van der Waals surface area contributed by atoms with Gasteiger partial charge in [0.05, 0.1) is 29.2 Å². The van der Waals surface area contributed by atoms with Gasteiger partial charge in [-0.1, -0.05) is 32.0 Å². The normalized spacial score (nSPS) is 16.3. The Morgan fingerprint density at radius 2 is 1.90 bits per heavy atom. The molecule has 30 heavy (non-hydrogen) atoms. The van der Waals surface area contributed by atoms with Crippen LogP contribution >= 0.6 is 12.2 Å². The largest absolute Gasteiger partial charge is 0.462 e. The minimum absolute atomic E-state index is 0.00717. The number of fused-ring (bicyclic) bond motifs is 1. The van der Waals surface area contributed by atoms with Crippen molar-refractivity contribution in [2.24, 2.45) is 5.92 Å². The highest BCUT2D eigenvalue weighted by atomic mass is 32.1. The van der Waals surface area contributed by atoms with Crippen LogP contribution in [0.15, 0.2) is 40.3 Å². The number of aromatic nitrogens is 2. The second kappa shape index (κ2) is 8.10. The number of carbonyl (C=O) groups excluding carboxylic acids is 1. The lowest BCUT2D eigenvalue weighted by atomic mass is 9.80. The third-order valence-corrected chi connectivity index (χ3v) is 4.82. The number of benzene rings is 1. The van der Waals surface area contributed by atoms with Crippen LogP contribution < -0.4 is 10.9 Å². The number of alkyl halides is 3. The maximum absolute atomic E-state index is 13.8. The first kappa shape index (κ1) is 21.8. The molecule has 0 aliphatic carbocycles. The number of carbonyl (C=O) groups is 1. The van der Waals surface area contributed by atoms with E-state index in [2.05, 4.69) is 15.3 Å². The minimum Gasteiger partial charge on any atom is -0.462 e. The monoisotopic (exact) mass is 439 g/mol. The molecule has 1 atom stereocenters. The lowest BCUT2D eigenvalue weighted by Crippen LogP contribution is -2.32. The van der Waals surface area contributed by atoms with Crippen molar-refractivity contribution in [3.05, 3.63) is 67.4 Å². The Morgan fingerprint density at radius 1 is 1.23 bits per heavy atom. The van der Waals surface area contributed by atoms with Crippen molar-refractivity contribution < 1.29 is 22.7 Å². The Kier molecular flexibility index (Phi) is 5.89. The molecule has 2 heterocycles. The molecule has 1 aromatic heterocycles. The molecule has 0 bridgehead atoms. The molecular weight excluding hydrogens is 419 g/mol. The van der Waals surface area contributed by atoms with E-state index in [-0.39, 0.29) is 45.5 Å². The Bertz CT molecular complexity index is 1130. The molecule has 10 heteroatoms. The molecule has 0 saturated heterocycles. The average Bonchev–Trinajstić information content (AvgIpc) is 2.64. The van der Waals surface area contributed by atoms with Crippen molar-refractivity contribution in [2.75, 3.05) is 11.9 Å². The number of H-pyrrole nitrogens is 2. The topological polar surface area (TPSA) is 87.0 Å². The summed E-state index contributed by atoms with van der Waals surface area (Å²) in [4.78, 5) is 30.8. The summed E-state index contributed by atoms with van der Waals surface area (Å²) in [6, 6.07) is 4.86. The molecule has 1 aliphatic heterocycles.